The van der Waals surface area contributed by atoms with Crippen molar-refractivity contribution in [2.75, 3.05) is 14.2 Å². The molecule has 1 heterocycles. The number of nitrogens with zero attached hydrogens (tertiary/aromatic N) is 2. The van der Waals surface area contributed by atoms with Gasteiger partial charge >= 0.3 is 5.97 Å². The van der Waals surface area contributed by atoms with Gasteiger partial charge in [-0.2, -0.15) is 5.10 Å². The number of benzene rings is 1. The summed E-state index contributed by atoms with van der Waals surface area (Å²) in [4.78, 5) is 11.6. The molecule has 0 aliphatic rings. The van der Waals surface area contributed by atoms with Gasteiger partial charge in [-0.05, 0) is 12.1 Å². The van der Waals surface area contributed by atoms with Crippen molar-refractivity contribution in [3.63, 3.8) is 0 Å². The molecule has 2 aromatic rings. The number of aromatic nitrogens is 2. The van der Waals surface area contributed by atoms with Crippen LogP contribution in [0.5, 0.6) is 0 Å². The van der Waals surface area contributed by atoms with E-state index in [4.69, 9.17) is 9.47 Å². The van der Waals surface area contributed by atoms with Gasteiger partial charge in [-0.3, -0.25) is 0 Å². The zero-order valence-corrected chi connectivity index (χ0v) is 10.7. The van der Waals surface area contributed by atoms with Crippen LogP contribution in [0.25, 0.3) is 11.3 Å². The van der Waals surface area contributed by atoms with Crippen molar-refractivity contribution in [3.05, 3.63) is 54.6 Å². The number of carbonyl (C=O) groups is 1. The molecule has 0 N–H and O–H groups in total. The summed E-state index contributed by atoms with van der Waals surface area (Å²) in [5.74, 6) is -0.463. The van der Waals surface area contributed by atoms with Crippen molar-refractivity contribution >= 4 is 11.5 Å². The molecule has 0 amide bonds. The van der Waals surface area contributed by atoms with E-state index in [-0.39, 0.29) is 0 Å². The molecule has 0 unspecified atom stereocenters. The monoisotopic (exact) mass is 258 g/mol. The largest absolute Gasteiger partial charge is 0.503 e. The lowest BCUT2D eigenvalue weighted by atomic mass is 10.2. The third-order valence-corrected chi connectivity index (χ3v) is 2.56. The quantitative estimate of drug-likeness (QED) is 0.478. The van der Waals surface area contributed by atoms with Crippen molar-refractivity contribution in [1.29, 1.82) is 0 Å². The molecule has 0 atom stereocenters. The molecule has 0 saturated heterocycles. The summed E-state index contributed by atoms with van der Waals surface area (Å²) in [5.41, 5.74) is 1.88. The highest BCUT2D eigenvalue weighted by atomic mass is 16.5. The lowest BCUT2D eigenvalue weighted by molar-refractivity contribution is -0.133. The Hall–Kier alpha value is -2.56. The molecule has 0 fully saturated rings. The molecule has 19 heavy (non-hydrogen) atoms. The van der Waals surface area contributed by atoms with Gasteiger partial charge in [-0.15, -0.1) is 0 Å². The zero-order valence-electron chi connectivity index (χ0n) is 10.7. The van der Waals surface area contributed by atoms with Gasteiger partial charge in [0.15, 0.2) is 0 Å². The summed E-state index contributed by atoms with van der Waals surface area (Å²) in [6, 6.07) is 9.62. The number of methoxy groups -OCH3 is 2. The molecule has 98 valence electrons. The molecule has 0 bridgehead atoms. The molecule has 1 aromatic carbocycles. The van der Waals surface area contributed by atoms with Crippen LogP contribution in [0.3, 0.4) is 0 Å². The number of ether oxygens (including phenoxy) is 2. The maximum Gasteiger partial charge on any atom is 0.341 e. The lowest BCUT2D eigenvalue weighted by Crippen LogP contribution is -2.03. The fourth-order valence-electron chi connectivity index (χ4n) is 1.65. The average Bonchev–Trinajstić information content (AvgIpc) is 2.94. The number of para-hydroxylation sites is 1. The van der Waals surface area contributed by atoms with Crippen LogP contribution in [0.4, 0.5) is 0 Å². The van der Waals surface area contributed by atoms with Crippen molar-refractivity contribution < 1.29 is 14.3 Å². The molecule has 5 heteroatoms. The van der Waals surface area contributed by atoms with Gasteiger partial charge in [0.2, 0.25) is 0 Å². The lowest BCUT2D eigenvalue weighted by Gasteiger charge is -2.02. The fraction of sp³-hybridized carbons (Fsp3) is 0.143. The fourth-order valence-corrected chi connectivity index (χ4v) is 1.65. The summed E-state index contributed by atoms with van der Waals surface area (Å²) in [6.45, 7) is 0. The Labute approximate surface area is 111 Å². The van der Waals surface area contributed by atoms with Gasteiger partial charge in [0.25, 0.3) is 0 Å². The summed E-state index contributed by atoms with van der Waals surface area (Å²) < 4.78 is 11.3. The smallest absolute Gasteiger partial charge is 0.341 e. The standard InChI is InChI=1S/C14H14N2O3/c1-18-10-13(14(17)19-2)11-8-15-16(9-11)12-6-4-3-5-7-12/h3-10H,1-2H3/b13-10+. The summed E-state index contributed by atoms with van der Waals surface area (Å²) >= 11 is 0. The van der Waals surface area contributed by atoms with Gasteiger partial charge in [0.1, 0.15) is 5.57 Å². The minimum absolute atomic E-state index is 0.326. The SMILES string of the molecule is CO/C=C(/C(=O)OC)c1cnn(-c2ccccc2)c1. The minimum atomic E-state index is -0.463. The Kier molecular flexibility index (Phi) is 3.97. The predicted octanol–water partition coefficient (Wildman–Crippen LogP) is 2.03. The highest BCUT2D eigenvalue weighted by Gasteiger charge is 2.15. The minimum Gasteiger partial charge on any atom is -0.503 e. The third kappa shape index (κ3) is 2.82. The van der Waals surface area contributed by atoms with E-state index in [0.717, 1.165) is 5.69 Å². The number of hydrogen-bond acceptors (Lipinski definition) is 4. The molecule has 0 aliphatic heterocycles. The third-order valence-electron chi connectivity index (χ3n) is 2.56. The molecule has 0 spiro atoms. The number of rotatable bonds is 4. The van der Waals surface area contributed by atoms with Gasteiger partial charge in [0.05, 0.1) is 32.4 Å². The maximum absolute atomic E-state index is 11.6. The Morgan fingerprint density at radius 1 is 1.26 bits per heavy atom. The second-order valence-electron chi connectivity index (χ2n) is 3.77. The first-order valence-corrected chi connectivity index (χ1v) is 5.68. The van der Waals surface area contributed by atoms with Crippen molar-refractivity contribution in [3.8, 4) is 5.69 Å². The first-order chi connectivity index (χ1) is 9.26. The highest BCUT2D eigenvalue weighted by molar-refractivity contribution is 6.15. The van der Waals surface area contributed by atoms with Crippen molar-refractivity contribution in [2.24, 2.45) is 0 Å². The van der Waals surface area contributed by atoms with E-state index in [1.807, 2.05) is 30.3 Å². The Morgan fingerprint density at radius 2 is 2.00 bits per heavy atom. The maximum atomic E-state index is 11.6. The molecular weight excluding hydrogens is 244 g/mol. The van der Waals surface area contributed by atoms with Crippen LogP contribution < -0.4 is 0 Å². The van der Waals surface area contributed by atoms with Crippen molar-refractivity contribution in [2.45, 2.75) is 0 Å². The second kappa shape index (κ2) is 5.86. The van der Waals surface area contributed by atoms with E-state index in [0.29, 0.717) is 11.1 Å². The normalized spacial score (nSPS) is 11.2. The van der Waals surface area contributed by atoms with E-state index >= 15 is 0 Å². The second-order valence-corrected chi connectivity index (χ2v) is 3.77. The summed E-state index contributed by atoms with van der Waals surface area (Å²) in [7, 11) is 2.80. The number of hydrogen-bond donors (Lipinski definition) is 0. The molecular formula is C14H14N2O3. The molecule has 0 saturated carbocycles. The Morgan fingerprint density at radius 3 is 2.63 bits per heavy atom. The predicted molar refractivity (Wildman–Crippen MR) is 70.6 cm³/mol. The molecule has 2 rings (SSSR count). The van der Waals surface area contributed by atoms with E-state index in [1.54, 1.807) is 17.1 Å². The molecule has 0 radical (unpaired) electrons. The molecule has 1 aromatic heterocycles. The van der Waals surface area contributed by atoms with Crippen LogP contribution in [-0.4, -0.2) is 30.0 Å². The van der Waals surface area contributed by atoms with Gasteiger partial charge in [-0.25, -0.2) is 9.48 Å². The van der Waals surface area contributed by atoms with Gasteiger partial charge < -0.3 is 9.47 Å². The Bertz CT molecular complexity index is 588. The zero-order chi connectivity index (χ0) is 13.7. The van der Waals surface area contributed by atoms with Crippen LogP contribution in [-0.2, 0) is 14.3 Å². The van der Waals surface area contributed by atoms with Crippen LogP contribution in [0.1, 0.15) is 5.56 Å². The van der Waals surface area contributed by atoms with Crippen LogP contribution in [0.15, 0.2) is 49.0 Å². The number of esters is 1. The average molecular weight is 258 g/mol. The van der Waals surface area contributed by atoms with E-state index in [1.165, 1.54) is 20.5 Å². The highest BCUT2D eigenvalue weighted by Crippen LogP contribution is 2.17. The molecule has 0 aliphatic carbocycles. The first-order valence-electron chi connectivity index (χ1n) is 5.68. The van der Waals surface area contributed by atoms with Crippen LogP contribution in [0, 0.1) is 0 Å². The van der Waals surface area contributed by atoms with Crippen LogP contribution >= 0.6 is 0 Å². The molecule has 5 nitrogen and oxygen atoms in total. The van der Waals surface area contributed by atoms with E-state index in [2.05, 4.69) is 5.10 Å². The van der Waals surface area contributed by atoms with E-state index < -0.39 is 5.97 Å². The Balaban J connectivity index is 2.35. The summed E-state index contributed by atoms with van der Waals surface area (Å²) in [6.07, 6.45) is 4.68. The van der Waals surface area contributed by atoms with Gasteiger partial charge in [-0.1, -0.05) is 18.2 Å². The van der Waals surface area contributed by atoms with Crippen molar-refractivity contribution in [1.82, 2.24) is 9.78 Å². The number of carbonyl (C=O) groups excluding carboxylic acids is 1. The topological polar surface area (TPSA) is 53.4 Å². The first kappa shape index (κ1) is 12.9. The summed E-state index contributed by atoms with van der Waals surface area (Å²) in [5, 5.41) is 4.22. The van der Waals surface area contributed by atoms with Gasteiger partial charge in [0, 0.05) is 11.8 Å². The van der Waals surface area contributed by atoms with Crippen LogP contribution in [0.2, 0.25) is 0 Å². The van der Waals surface area contributed by atoms with E-state index in [9.17, 15) is 4.79 Å².